The average Bonchev–Trinajstić information content (AvgIpc) is 2.28. The second-order valence-electron chi connectivity index (χ2n) is 3.71. The van der Waals surface area contributed by atoms with Crippen LogP contribution in [0.15, 0.2) is 41.8 Å². The molecule has 0 amide bonds. The molecular weight excluding hydrogens is 228 g/mol. The molecule has 0 aliphatic heterocycles. The summed E-state index contributed by atoms with van der Waals surface area (Å²) in [5.41, 5.74) is 1.11. The highest BCUT2D eigenvalue weighted by Gasteiger charge is 2.01. The molecule has 0 aromatic heterocycles. The molecule has 17 heavy (non-hydrogen) atoms. The molecule has 0 fully saturated rings. The van der Waals surface area contributed by atoms with Gasteiger partial charge in [0.1, 0.15) is 5.75 Å². The van der Waals surface area contributed by atoms with E-state index in [1.54, 1.807) is 23.9 Å². The van der Waals surface area contributed by atoms with Crippen molar-refractivity contribution in [3.05, 3.63) is 47.4 Å². The van der Waals surface area contributed by atoms with Gasteiger partial charge in [-0.15, -0.1) is 0 Å². The predicted octanol–water partition coefficient (Wildman–Crippen LogP) is 5.44. The number of benzene rings is 1. The molecule has 0 heterocycles. The van der Waals surface area contributed by atoms with Crippen LogP contribution >= 0.6 is 11.8 Å². The second-order valence-corrected chi connectivity index (χ2v) is 5.05. The summed E-state index contributed by atoms with van der Waals surface area (Å²) in [6.45, 7) is 12.1. The zero-order valence-electron chi connectivity index (χ0n) is 11.2. The fourth-order valence-corrected chi connectivity index (χ4v) is 1.85. The third kappa shape index (κ3) is 6.90. The zero-order valence-corrected chi connectivity index (χ0v) is 12.0. The van der Waals surface area contributed by atoms with Crippen LogP contribution < -0.4 is 0 Å². The lowest BCUT2D eigenvalue weighted by atomic mass is 10.2. The smallest absolute Gasteiger partial charge is 0.115 e. The Bertz CT molecular complexity index is 363. The van der Waals surface area contributed by atoms with Crippen LogP contribution in [0, 0.1) is 0 Å². The van der Waals surface area contributed by atoms with Crippen molar-refractivity contribution in [2.24, 2.45) is 0 Å². The molecule has 1 N–H and O–H groups in total. The largest absolute Gasteiger partial charge is 0.508 e. The SMILES string of the molecule is C=C(C)S/C(=C\C)c1ccc(O)cc1.CCC. The molecule has 0 bridgehead atoms. The number of thioether (sulfide) groups is 1. The van der Waals surface area contributed by atoms with Crippen molar-refractivity contribution in [2.45, 2.75) is 34.1 Å². The van der Waals surface area contributed by atoms with E-state index in [2.05, 4.69) is 20.4 Å². The first-order chi connectivity index (χ1) is 8.04. The van der Waals surface area contributed by atoms with E-state index >= 15 is 0 Å². The maximum atomic E-state index is 9.15. The van der Waals surface area contributed by atoms with E-state index in [0.29, 0.717) is 5.75 Å². The molecule has 0 unspecified atom stereocenters. The molecule has 94 valence electrons. The van der Waals surface area contributed by atoms with Crippen LogP contribution in [0.2, 0.25) is 0 Å². The van der Waals surface area contributed by atoms with Crippen molar-refractivity contribution in [2.75, 3.05) is 0 Å². The summed E-state index contributed by atoms with van der Waals surface area (Å²) < 4.78 is 0. The molecule has 0 radical (unpaired) electrons. The van der Waals surface area contributed by atoms with Gasteiger partial charge >= 0.3 is 0 Å². The summed E-state index contributed by atoms with van der Waals surface area (Å²) in [4.78, 5) is 2.23. The van der Waals surface area contributed by atoms with Gasteiger partial charge in [-0.3, -0.25) is 0 Å². The molecule has 0 saturated carbocycles. The monoisotopic (exact) mass is 250 g/mol. The van der Waals surface area contributed by atoms with Gasteiger partial charge in [0, 0.05) is 4.91 Å². The molecule has 0 aliphatic carbocycles. The summed E-state index contributed by atoms with van der Waals surface area (Å²) in [7, 11) is 0. The topological polar surface area (TPSA) is 20.2 Å². The van der Waals surface area contributed by atoms with Gasteiger partial charge in [-0.2, -0.15) is 0 Å². The Kier molecular flexibility index (Phi) is 8.34. The fourth-order valence-electron chi connectivity index (χ4n) is 1.10. The van der Waals surface area contributed by atoms with E-state index in [-0.39, 0.29) is 0 Å². The Morgan fingerprint density at radius 2 is 1.76 bits per heavy atom. The van der Waals surface area contributed by atoms with Gasteiger partial charge in [-0.25, -0.2) is 0 Å². The predicted molar refractivity (Wildman–Crippen MR) is 80.1 cm³/mol. The Hall–Kier alpha value is -1.15. The number of hydrogen-bond donors (Lipinski definition) is 1. The number of rotatable bonds is 3. The summed E-state index contributed by atoms with van der Waals surface area (Å²) in [6.07, 6.45) is 3.30. The molecule has 0 saturated heterocycles. The lowest BCUT2D eigenvalue weighted by Crippen LogP contribution is -1.78. The van der Waals surface area contributed by atoms with E-state index < -0.39 is 0 Å². The normalized spacial score (nSPS) is 10.5. The van der Waals surface area contributed by atoms with Crippen molar-refractivity contribution in [3.8, 4) is 5.75 Å². The Labute approximate surface area is 109 Å². The van der Waals surface area contributed by atoms with Crippen LogP contribution in [0.4, 0.5) is 0 Å². The third-order valence-corrected chi connectivity index (χ3v) is 2.74. The molecule has 0 atom stereocenters. The number of allylic oxidation sites excluding steroid dienone is 2. The quantitative estimate of drug-likeness (QED) is 0.771. The van der Waals surface area contributed by atoms with E-state index in [1.165, 1.54) is 6.42 Å². The first-order valence-electron chi connectivity index (χ1n) is 5.84. The van der Waals surface area contributed by atoms with E-state index in [1.807, 2.05) is 32.1 Å². The number of hydrogen-bond acceptors (Lipinski definition) is 2. The summed E-state index contributed by atoms with van der Waals surface area (Å²) >= 11 is 1.64. The minimum atomic E-state index is 0.296. The maximum absolute atomic E-state index is 9.15. The van der Waals surface area contributed by atoms with Crippen LogP contribution in [-0.2, 0) is 0 Å². The Morgan fingerprint density at radius 1 is 1.29 bits per heavy atom. The van der Waals surface area contributed by atoms with Crippen molar-refractivity contribution < 1.29 is 5.11 Å². The van der Waals surface area contributed by atoms with Crippen molar-refractivity contribution in [1.82, 2.24) is 0 Å². The summed E-state index contributed by atoms with van der Waals surface area (Å²) in [6, 6.07) is 7.19. The lowest BCUT2D eigenvalue weighted by Gasteiger charge is -2.06. The van der Waals surface area contributed by atoms with E-state index in [0.717, 1.165) is 15.4 Å². The first-order valence-corrected chi connectivity index (χ1v) is 6.65. The van der Waals surface area contributed by atoms with Gasteiger partial charge in [0.05, 0.1) is 0 Å². The third-order valence-electron chi connectivity index (χ3n) is 1.70. The standard InChI is InChI=1S/C12H14OS.C3H8/c1-4-12(14-9(2)3)10-5-7-11(13)8-6-10;1-3-2/h4-8,13H,2H2,1,3H3;3H2,1-2H3/b12-4-;. The lowest BCUT2D eigenvalue weighted by molar-refractivity contribution is 0.475. The van der Waals surface area contributed by atoms with Gasteiger partial charge in [0.2, 0.25) is 0 Å². The molecule has 1 nitrogen and oxygen atoms in total. The van der Waals surface area contributed by atoms with Crippen LogP contribution in [0.25, 0.3) is 4.91 Å². The average molecular weight is 250 g/mol. The minimum absolute atomic E-state index is 0.296. The van der Waals surface area contributed by atoms with Crippen LogP contribution in [0.5, 0.6) is 5.75 Å². The highest BCUT2D eigenvalue weighted by Crippen LogP contribution is 2.32. The van der Waals surface area contributed by atoms with E-state index in [9.17, 15) is 0 Å². The highest BCUT2D eigenvalue weighted by molar-refractivity contribution is 8.11. The molecule has 0 aliphatic rings. The van der Waals surface area contributed by atoms with Crippen molar-refractivity contribution in [1.29, 1.82) is 0 Å². The zero-order chi connectivity index (χ0) is 13.3. The summed E-state index contributed by atoms with van der Waals surface area (Å²) in [5.74, 6) is 0.296. The summed E-state index contributed by atoms with van der Waals surface area (Å²) in [5, 5.41) is 9.15. The molecule has 1 aromatic rings. The molecule has 2 heteroatoms. The maximum Gasteiger partial charge on any atom is 0.115 e. The number of phenols is 1. The Morgan fingerprint density at radius 3 is 2.12 bits per heavy atom. The van der Waals surface area contributed by atoms with Gasteiger partial charge < -0.3 is 5.11 Å². The van der Waals surface area contributed by atoms with Gasteiger partial charge in [-0.1, -0.05) is 56.8 Å². The van der Waals surface area contributed by atoms with Gasteiger partial charge in [-0.05, 0) is 36.4 Å². The number of phenolic OH excluding ortho intramolecular Hbond substituents is 1. The second kappa shape index (κ2) is 8.94. The van der Waals surface area contributed by atoms with Crippen molar-refractivity contribution >= 4 is 16.7 Å². The van der Waals surface area contributed by atoms with Gasteiger partial charge in [0.15, 0.2) is 0 Å². The molecular formula is C15H22OS. The van der Waals surface area contributed by atoms with Gasteiger partial charge in [0.25, 0.3) is 0 Å². The van der Waals surface area contributed by atoms with Crippen LogP contribution in [0.1, 0.15) is 39.7 Å². The molecule has 1 rings (SSSR count). The van der Waals surface area contributed by atoms with E-state index in [4.69, 9.17) is 5.11 Å². The Balaban J connectivity index is 0.000000770. The minimum Gasteiger partial charge on any atom is -0.508 e. The fraction of sp³-hybridized carbons (Fsp3) is 0.333. The molecule has 1 aromatic carbocycles. The number of aromatic hydroxyl groups is 1. The van der Waals surface area contributed by atoms with Crippen LogP contribution in [0.3, 0.4) is 0 Å². The van der Waals surface area contributed by atoms with Crippen molar-refractivity contribution in [3.63, 3.8) is 0 Å². The molecule has 0 spiro atoms. The van der Waals surface area contributed by atoms with Crippen LogP contribution in [-0.4, -0.2) is 5.11 Å². The highest BCUT2D eigenvalue weighted by atomic mass is 32.2. The first kappa shape index (κ1) is 15.9.